The van der Waals surface area contributed by atoms with Crippen LogP contribution in [0.15, 0.2) is 18.2 Å². The highest BCUT2D eigenvalue weighted by Crippen LogP contribution is 2.31. The first-order chi connectivity index (χ1) is 11.2. The maximum absolute atomic E-state index is 12.5. The third kappa shape index (κ3) is 3.68. The van der Waals surface area contributed by atoms with Gasteiger partial charge in [-0.05, 0) is 31.0 Å². The number of fused-ring (bicyclic) bond motifs is 1. The van der Waals surface area contributed by atoms with Crippen LogP contribution >= 0.6 is 0 Å². The summed E-state index contributed by atoms with van der Waals surface area (Å²) < 4.78 is 23.2. The Morgan fingerprint density at radius 2 is 1.96 bits per heavy atom. The minimum Gasteiger partial charge on any atom is -0.486 e. The van der Waals surface area contributed by atoms with Gasteiger partial charge in [-0.3, -0.25) is 9.00 Å². The zero-order valence-electron chi connectivity index (χ0n) is 13.4. The minimum atomic E-state index is -0.878. The number of rotatable bonds is 4. The summed E-state index contributed by atoms with van der Waals surface area (Å²) in [6.07, 6.45) is 3.98. The summed E-state index contributed by atoms with van der Waals surface area (Å²) in [6, 6.07) is 5.23. The molecule has 0 aromatic heterocycles. The molecular formula is C17H23NO4S. The molecule has 0 spiro atoms. The summed E-state index contributed by atoms with van der Waals surface area (Å²) in [5, 5.41) is 3.14. The summed E-state index contributed by atoms with van der Waals surface area (Å²) in [7, 11) is -0.878. The Kier molecular flexibility index (Phi) is 5.20. The van der Waals surface area contributed by atoms with Crippen molar-refractivity contribution in [1.29, 1.82) is 0 Å². The van der Waals surface area contributed by atoms with Gasteiger partial charge in [0.1, 0.15) is 13.2 Å². The molecule has 6 heteroatoms. The molecule has 3 rings (SSSR count). The van der Waals surface area contributed by atoms with Crippen LogP contribution in [0.4, 0.5) is 0 Å². The van der Waals surface area contributed by atoms with E-state index in [1.807, 2.05) is 6.92 Å². The van der Waals surface area contributed by atoms with E-state index in [2.05, 4.69) is 5.32 Å². The maximum atomic E-state index is 12.5. The SMILES string of the molecule is CC[S@](=O)[C@@H]1CCCC[C@H]1NC(=O)c1ccc2c(c1)OCCO2. The fourth-order valence-corrected chi connectivity index (χ4v) is 4.66. The van der Waals surface area contributed by atoms with Crippen LogP contribution in [0.25, 0.3) is 0 Å². The van der Waals surface area contributed by atoms with Gasteiger partial charge in [0.25, 0.3) is 5.91 Å². The van der Waals surface area contributed by atoms with Crippen LogP contribution in [0.3, 0.4) is 0 Å². The van der Waals surface area contributed by atoms with E-state index in [0.717, 1.165) is 25.7 Å². The first kappa shape index (κ1) is 16.3. The number of carbonyl (C=O) groups excluding carboxylic acids is 1. The predicted molar refractivity (Wildman–Crippen MR) is 89.6 cm³/mol. The smallest absolute Gasteiger partial charge is 0.251 e. The molecule has 1 aromatic carbocycles. The van der Waals surface area contributed by atoms with Crippen LogP contribution in [-0.4, -0.2) is 40.4 Å². The number of nitrogens with one attached hydrogen (secondary N) is 1. The third-order valence-corrected chi connectivity index (χ3v) is 6.25. The second kappa shape index (κ2) is 7.34. The maximum Gasteiger partial charge on any atom is 0.251 e. The lowest BCUT2D eigenvalue weighted by Crippen LogP contribution is -2.47. The van der Waals surface area contributed by atoms with Crippen molar-refractivity contribution in [3.63, 3.8) is 0 Å². The van der Waals surface area contributed by atoms with Crippen LogP contribution in [0, 0.1) is 0 Å². The summed E-state index contributed by atoms with van der Waals surface area (Å²) in [6.45, 7) is 2.97. The predicted octanol–water partition coefficient (Wildman–Crippen LogP) is 2.27. The second-order valence-corrected chi connectivity index (χ2v) is 7.88. The molecule has 0 radical (unpaired) electrons. The molecule has 1 aliphatic heterocycles. The quantitative estimate of drug-likeness (QED) is 0.915. The summed E-state index contributed by atoms with van der Waals surface area (Å²) in [5.41, 5.74) is 0.556. The van der Waals surface area contributed by atoms with Gasteiger partial charge in [-0.2, -0.15) is 0 Å². The number of amides is 1. The summed E-state index contributed by atoms with van der Waals surface area (Å²) >= 11 is 0. The molecule has 1 heterocycles. The molecule has 5 nitrogen and oxygen atoms in total. The highest BCUT2D eigenvalue weighted by atomic mass is 32.2. The molecule has 23 heavy (non-hydrogen) atoms. The molecule has 1 saturated carbocycles. The number of ether oxygens (including phenoxy) is 2. The second-order valence-electron chi connectivity index (χ2n) is 5.93. The highest BCUT2D eigenvalue weighted by molar-refractivity contribution is 7.85. The van der Waals surface area contributed by atoms with Gasteiger partial charge < -0.3 is 14.8 Å². The standard InChI is InChI=1S/C17H23NO4S/c1-2-23(20)16-6-4-3-5-13(16)18-17(19)12-7-8-14-15(11-12)22-10-9-21-14/h7-8,11,13,16H,2-6,9-10H2,1H3,(H,18,19)/t13-,16-,23+/m1/s1. The Labute approximate surface area is 139 Å². The lowest BCUT2D eigenvalue weighted by Gasteiger charge is -2.31. The number of hydrogen-bond donors (Lipinski definition) is 1. The van der Waals surface area contributed by atoms with Gasteiger partial charge in [-0.25, -0.2) is 0 Å². The van der Waals surface area contributed by atoms with Crippen molar-refractivity contribution in [1.82, 2.24) is 5.32 Å². The van der Waals surface area contributed by atoms with Crippen molar-refractivity contribution in [3.05, 3.63) is 23.8 Å². The molecule has 0 saturated heterocycles. The topological polar surface area (TPSA) is 64.6 Å². The molecule has 3 atom stereocenters. The number of hydrogen-bond acceptors (Lipinski definition) is 4. The van der Waals surface area contributed by atoms with E-state index in [1.165, 1.54) is 0 Å². The zero-order chi connectivity index (χ0) is 16.2. The molecule has 0 bridgehead atoms. The normalized spacial score (nSPS) is 24.7. The zero-order valence-corrected chi connectivity index (χ0v) is 14.2. The van der Waals surface area contributed by atoms with Gasteiger partial charge in [0.05, 0.1) is 5.25 Å². The fourth-order valence-electron chi connectivity index (χ4n) is 3.23. The van der Waals surface area contributed by atoms with E-state index >= 15 is 0 Å². The summed E-state index contributed by atoms with van der Waals surface area (Å²) in [4.78, 5) is 12.5. The van der Waals surface area contributed by atoms with Crippen LogP contribution < -0.4 is 14.8 Å². The average molecular weight is 337 g/mol. The molecule has 1 N–H and O–H groups in total. The van der Waals surface area contributed by atoms with Crippen molar-refractivity contribution in [2.45, 2.75) is 43.9 Å². The summed E-state index contributed by atoms with van der Waals surface area (Å²) in [5.74, 6) is 1.80. The van der Waals surface area contributed by atoms with Gasteiger partial charge in [0, 0.05) is 28.2 Å². The average Bonchev–Trinajstić information content (AvgIpc) is 2.61. The van der Waals surface area contributed by atoms with Gasteiger partial charge in [-0.1, -0.05) is 19.8 Å². The molecule has 126 valence electrons. The fraction of sp³-hybridized carbons (Fsp3) is 0.588. The van der Waals surface area contributed by atoms with E-state index < -0.39 is 10.8 Å². The van der Waals surface area contributed by atoms with Crippen LogP contribution in [0.1, 0.15) is 43.0 Å². The van der Waals surface area contributed by atoms with Crippen LogP contribution in [-0.2, 0) is 10.8 Å². The third-order valence-electron chi connectivity index (χ3n) is 4.45. The minimum absolute atomic E-state index is 0.00904. The van der Waals surface area contributed by atoms with Gasteiger partial charge in [0.15, 0.2) is 11.5 Å². The van der Waals surface area contributed by atoms with E-state index in [0.29, 0.717) is 36.0 Å². The Morgan fingerprint density at radius 1 is 1.22 bits per heavy atom. The van der Waals surface area contributed by atoms with Crippen molar-refractivity contribution in [2.24, 2.45) is 0 Å². The van der Waals surface area contributed by atoms with Gasteiger partial charge in [0.2, 0.25) is 0 Å². The van der Waals surface area contributed by atoms with E-state index in [4.69, 9.17) is 9.47 Å². The number of carbonyl (C=O) groups is 1. The lowest BCUT2D eigenvalue weighted by atomic mass is 9.94. The van der Waals surface area contributed by atoms with Crippen molar-refractivity contribution in [3.8, 4) is 11.5 Å². The molecule has 1 amide bonds. The Morgan fingerprint density at radius 3 is 2.74 bits per heavy atom. The molecule has 2 aliphatic rings. The van der Waals surface area contributed by atoms with E-state index in [9.17, 15) is 9.00 Å². The van der Waals surface area contributed by atoms with Crippen molar-refractivity contribution in [2.75, 3.05) is 19.0 Å². The Hall–Kier alpha value is -1.56. The van der Waals surface area contributed by atoms with Crippen molar-refractivity contribution >= 4 is 16.7 Å². The van der Waals surface area contributed by atoms with Crippen LogP contribution in [0.2, 0.25) is 0 Å². The first-order valence-electron chi connectivity index (χ1n) is 8.26. The monoisotopic (exact) mass is 337 g/mol. The molecule has 1 aliphatic carbocycles. The van der Waals surface area contributed by atoms with Gasteiger partial charge in [-0.15, -0.1) is 0 Å². The van der Waals surface area contributed by atoms with E-state index in [-0.39, 0.29) is 17.2 Å². The largest absolute Gasteiger partial charge is 0.486 e. The molecular weight excluding hydrogens is 314 g/mol. The van der Waals surface area contributed by atoms with Crippen molar-refractivity contribution < 1.29 is 18.5 Å². The molecule has 1 aromatic rings. The van der Waals surface area contributed by atoms with Gasteiger partial charge >= 0.3 is 0 Å². The van der Waals surface area contributed by atoms with Crippen LogP contribution in [0.5, 0.6) is 11.5 Å². The highest BCUT2D eigenvalue weighted by Gasteiger charge is 2.30. The molecule has 1 fully saturated rings. The van der Waals surface area contributed by atoms with E-state index in [1.54, 1.807) is 18.2 Å². The Bertz CT molecular complexity index is 604. The first-order valence-corrected chi connectivity index (χ1v) is 9.65. The lowest BCUT2D eigenvalue weighted by molar-refractivity contribution is 0.0928. The Balaban J connectivity index is 1.71. The number of benzene rings is 1. The molecule has 0 unspecified atom stereocenters.